The highest BCUT2D eigenvalue weighted by atomic mass is 32.2. The summed E-state index contributed by atoms with van der Waals surface area (Å²) in [4.78, 5) is 0. The van der Waals surface area contributed by atoms with Gasteiger partial charge in [0.2, 0.25) is 0 Å². The van der Waals surface area contributed by atoms with Gasteiger partial charge in [0.15, 0.2) is 9.84 Å². The van der Waals surface area contributed by atoms with Gasteiger partial charge >= 0.3 is 0 Å². The van der Waals surface area contributed by atoms with Crippen LogP contribution in [0.5, 0.6) is 0 Å². The Kier molecular flexibility index (Phi) is 5.82. The Hall–Kier alpha value is -0.870. The van der Waals surface area contributed by atoms with Gasteiger partial charge in [0.1, 0.15) is 0 Å². The lowest BCUT2D eigenvalue weighted by Gasteiger charge is -2.13. The van der Waals surface area contributed by atoms with Crippen LogP contribution in [0, 0.1) is 6.92 Å². The first kappa shape index (κ1) is 15.2. The molecule has 1 N–H and O–H groups in total. The molecule has 0 amide bonds. The maximum atomic E-state index is 12.0. The number of hydrogen-bond acceptors (Lipinski definition) is 3. The van der Waals surface area contributed by atoms with Gasteiger partial charge in [0.25, 0.3) is 0 Å². The molecule has 0 radical (unpaired) electrons. The second-order valence-electron chi connectivity index (χ2n) is 4.90. The zero-order chi connectivity index (χ0) is 13.6. The summed E-state index contributed by atoms with van der Waals surface area (Å²) >= 11 is 0. The molecule has 1 atom stereocenters. The highest BCUT2D eigenvalue weighted by molar-refractivity contribution is 7.90. The molecular formula is C14H23NO2S. The van der Waals surface area contributed by atoms with Gasteiger partial charge in [-0.05, 0) is 32.4 Å². The van der Waals surface area contributed by atoms with Gasteiger partial charge in [0.05, 0.1) is 11.5 Å². The van der Waals surface area contributed by atoms with Crippen molar-refractivity contribution in [3.63, 3.8) is 0 Å². The van der Waals surface area contributed by atoms with Crippen molar-refractivity contribution in [1.29, 1.82) is 0 Å². The van der Waals surface area contributed by atoms with Crippen molar-refractivity contribution >= 4 is 9.84 Å². The van der Waals surface area contributed by atoms with E-state index in [9.17, 15) is 8.42 Å². The van der Waals surface area contributed by atoms with Gasteiger partial charge in [-0.15, -0.1) is 0 Å². The van der Waals surface area contributed by atoms with Gasteiger partial charge in [-0.3, -0.25) is 0 Å². The Bertz CT molecular complexity index is 468. The first-order valence-corrected chi connectivity index (χ1v) is 8.24. The van der Waals surface area contributed by atoms with Crippen LogP contribution in [0.25, 0.3) is 0 Å². The predicted octanol–water partition coefficient (Wildman–Crippen LogP) is 2.30. The smallest absolute Gasteiger partial charge is 0.155 e. The van der Waals surface area contributed by atoms with Crippen molar-refractivity contribution < 1.29 is 8.42 Å². The number of sulfone groups is 1. The molecule has 18 heavy (non-hydrogen) atoms. The van der Waals surface area contributed by atoms with Crippen LogP contribution in [0.4, 0.5) is 0 Å². The quantitative estimate of drug-likeness (QED) is 0.826. The minimum Gasteiger partial charge on any atom is -0.313 e. The third-order valence-electron chi connectivity index (χ3n) is 2.72. The molecule has 0 aliphatic rings. The molecule has 1 aromatic carbocycles. The van der Waals surface area contributed by atoms with Crippen LogP contribution in [-0.4, -0.2) is 26.8 Å². The van der Waals surface area contributed by atoms with Crippen molar-refractivity contribution in [1.82, 2.24) is 5.32 Å². The van der Waals surface area contributed by atoms with E-state index < -0.39 is 9.84 Å². The SMILES string of the molecule is CCCNC(C)CS(=O)(=O)Cc1cccc(C)c1. The highest BCUT2D eigenvalue weighted by Crippen LogP contribution is 2.10. The fourth-order valence-corrected chi connectivity index (χ4v) is 3.63. The van der Waals surface area contributed by atoms with E-state index in [1.807, 2.05) is 38.1 Å². The molecule has 0 aliphatic carbocycles. The first-order valence-electron chi connectivity index (χ1n) is 6.42. The molecule has 4 heteroatoms. The fraction of sp³-hybridized carbons (Fsp3) is 0.571. The Morgan fingerprint density at radius 1 is 1.33 bits per heavy atom. The summed E-state index contributed by atoms with van der Waals surface area (Å²) in [6.07, 6.45) is 1.02. The third kappa shape index (κ3) is 5.65. The van der Waals surface area contributed by atoms with E-state index in [4.69, 9.17) is 0 Å². The average Bonchev–Trinajstić information content (AvgIpc) is 2.24. The van der Waals surface area contributed by atoms with E-state index in [-0.39, 0.29) is 17.5 Å². The van der Waals surface area contributed by atoms with Crippen LogP contribution in [0.15, 0.2) is 24.3 Å². The molecule has 0 spiro atoms. The van der Waals surface area contributed by atoms with Gasteiger partial charge < -0.3 is 5.32 Å². The Morgan fingerprint density at radius 2 is 2.06 bits per heavy atom. The molecule has 3 nitrogen and oxygen atoms in total. The summed E-state index contributed by atoms with van der Waals surface area (Å²) in [5.74, 6) is 0.327. The number of nitrogens with one attached hydrogen (secondary N) is 1. The molecule has 0 aromatic heterocycles. The van der Waals surface area contributed by atoms with Crippen LogP contribution in [0.1, 0.15) is 31.4 Å². The summed E-state index contributed by atoms with van der Waals surface area (Å²) in [6, 6.07) is 7.69. The van der Waals surface area contributed by atoms with E-state index >= 15 is 0 Å². The van der Waals surface area contributed by atoms with E-state index in [1.165, 1.54) is 0 Å². The molecule has 1 aromatic rings. The standard InChI is InChI=1S/C14H23NO2S/c1-4-8-15-13(3)10-18(16,17)11-14-7-5-6-12(2)9-14/h5-7,9,13,15H,4,8,10-11H2,1-3H3. The fourth-order valence-electron chi connectivity index (χ4n) is 1.95. The van der Waals surface area contributed by atoms with Crippen molar-refractivity contribution in [2.45, 2.75) is 39.0 Å². The number of rotatable bonds is 7. The summed E-state index contributed by atoms with van der Waals surface area (Å²) in [7, 11) is -3.04. The van der Waals surface area contributed by atoms with Gasteiger partial charge in [-0.1, -0.05) is 36.8 Å². The molecule has 0 aliphatic heterocycles. The summed E-state index contributed by atoms with van der Waals surface area (Å²) in [5.41, 5.74) is 1.97. The third-order valence-corrected chi connectivity index (χ3v) is 4.50. The van der Waals surface area contributed by atoms with E-state index in [2.05, 4.69) is 12.2 Å². The second kappa shape index (κ2) is 6.90. The predicted molar refractivity (Wildman–Crippen MR) is 76.4 cm³/mol. The van der Waals surface area contributed by atoms with Crippen LogP contribution in [0.2, 0.25) is 0 Å². The molecule has 0 saturated heterocycles. The van der Waals surface area contributed by atoms with Crippen molar-refractivity contribution in [2.75, 3.05) is 12.3 Å². The maximum absolute atomic E-state index is 12.0. The average molecular weight is 269 g/mol. The number of aryl methyl sites for hydroxylation is 1. The Balaban J connectivity index is 2.59. The Labute approximate surface area is 111 Å². The number of hydrogen-bond donors (Lipinski definition) is 1. The monoisotopic (exact) mass is 269 g/mol. The maximum Gasteiger partial charge on any atom is 0.155 e. The van der Waals surface area contributed by atoms with E-state index in [1.54, 1.807) is 0 Å². The summed E-state index contributed by atoms with van der Waals surface area (Å²) in [6.45, 7) is 6.83. The molecular weight excluding hydrogens is 246 g/mol. The first-order chi connectivity index (χ1) is 8.43. The minimum absolute atomic E-state index is 0.0137. The molecule has 1 unspecified atom stereocenters. The van der Waals surface area contributed by atoms with Crippen LogP contribution < -0.4 is 5.32 Å². The highest BCUT2D eigenvalue weighted by Gasteiger charge is 2.16. The Morgan fingerprint density at radius 3 is 2.67 bits per heavy atom. The van der Waals surface area contributed by atoms with E-state index in [0.717, 1.165) is 24.1 Å². The van der Waals surface area contributed by atoms with E-state index in [0.29, 0.717) is 0 Å². The van der Waals surface area contributed by atoms with Gasteiger partial charge in [-0.2, -0.15) is 0 Å². The number of benzene rings is 1. The molecule has 0 fully saturated rings. The van der Waals surface area contributed by atoms with Gasteiger partial charge in [-0.25, -0.2) is 8.42 Å². The summed E-state index contributed by atoms with van der Waals surface area (Å²) < 4.78 is 24.1. The topological polar surface area (TPSA) is 46.2 Å². The van der Waals surface area contributed by atoms with Crippen LogP contribution in [0.3, 0.4) is 0 Å². The molecule has 102 valence electrons. The lowest BCUT2D eigenvalue weighted by Crippen LogP contribution is -2.33. The molecule has 0 saturated carbocycles. The van der Waals surface area contributed by atoms with Crippen LogP contribution in [-0.2, 0) is 15.6 Å². The van der Waals surface area contributed by atoms with Crippen molar-refractivity contribution in [2.24, 2.45) is 0 Å². The zero-order valence-corrected chi connectivity index (χ0v) is 12.3. The largest absolute Gasteiger partial charge is 0.313 e. The minimum atomic E-state index is -3.04. The lowest BCUT2D eigenvalue weighted by molar-refractivity contribution is 0.554. The molecule has 1 rings (SSSR count). The zero-order valence-electron chi connectivity index (χ0n) is 11.4. The molecule has 0 heterocycles. The van der Waals surface area contributed by atoms with Crippen LogP contribution >= 0.6 is 0 Å². The molecule has 0 bridgehead atoms. The lowest BCUT2D eigenvalue weighted by atomic mass is 10.2. The second-order valence-corrected chi connectivity index (χ2v) is 7.01. The van der Waals surface area contributed by atoms with Crippen molar-refractivity contribution in [3.05, 3.63) is 35.4 Å². The van der Waals surface area contributed by atoms with Crippen molar-refractivity contribution in [3.8, 4) is 0 Å². The van der Waals surface area contributed by atoms with Gasteiger partial charge in [0, 0.05) is 6.04 Å². The normalized spacial score (nSPS) is 13.5. The summed E-state index contributed by atoms with van der Waals surface area (Å²) in [5, 5.41) is 3.21.